The molecule has 0 fully saturated rings. The maximum absolute atomic E-state index is 11.1. The molecule has 1 rings (SSSR count). The minimum Gasteiger partial charge on any atom is -0.493 e. The van der Waals surface area contributed by atoms with E-state index in [4.69, 9.17) is 53.2 Å². The van der Waals surface area contributed by atoms with E-state index in [-0.39, 0.29) is 19.4 Å². The summed E-state index contributed by atoms with van der Waals surface area (Å²) in [5.74, 6) is 7.18. The molecule has 0 spiro atoms. The predicted octanol–water partition coefficient (Wildman–Crippen LogP) is 5.52. The van der Waals surface area contributed by atoms with Crippen LogP contribution < -0.4 is 15.3 Å². The molecule has 0 saturated heterocycles. The van der Waals surface area contributed by atoms with Gasteiger partial charge in [-0.05, 0) is 30.5 Å². The van der Waals surface area contributed by atoms with Gasteiger partial charge in [-0.2, -0.15) is 5.10 Å². The molecular formula is C39H72N3O12P. The van der Waals surface area contributed by atoms with E-state index in [1.54, 1.807) is 6.21 Å². The van der Waals surface area contributed by atoms with Crippen molar-refractivity contribution < 1.29 is 56.8 Å². The van der Waals surface area contributed by atoms with Crippen LogP contribution in [-0.2, 0) is 49.0 Å². The first-order valence-corrected chi connectivity index (χ1v) is 22.2. The van der Waals surface area contributed by atoms with Crippen LogP contribution in [0.5, 0.6) is 11.5 Å². The van der Waals surface area contributed by atoms with E-state index >= 15 is 0 Å². The smallest absolute Gasteiger partial charge is 0.199 e. The van der Waals surface area contributed by atoms with Gasteiger partial charge in [0.15, 0.2) is 7.37 Å². The minimum atomic E-state index is -3.01. The van der Waals surface area contributed by atoms with Crippen LogP contribution in [0.3, 0.4) is 0 Å². The maximum Gasteiger partial charge on any atom is 0.199 e. The van der Waals surface area contributed by atoms with Gasteiger partial charge in [-0.15, -0.1) is 0 Å². The summed E-state index contributed by atoms with van der Waals surface area (Å²) in [5.41, 5.74) is 1.52. The normalized spacial score (nSPS) is 13.1. The zero-order valence-electron chi connectivity index (χ0n) is 34.0. The van der Waals surface area contributed by atoms with Crippen molar-refractivity contribution in [1.82, 2.24) is 0 Å². The van der Waals surface area contributed by atoms with Crippen LogP contribution in [0.25, 0.3) is 0 Å². The van der Waals surface area contributed by atoms with Gasteiger partial charge >= 0.3 is 0 Å². The van der Waals surface area contributed by atoms with Crippen molar-refractivity contribution in [1.29, 1.82) is 0 Å². The molecule has 55 heavy (non-hydrogen) atoms. The fourth-order valence-electron chi connectivity index (χ4n) is 4.64. The van der Waals surface area contributed by atoms with Gasteiger partial charge in [0.1, 0.15) is 17.2 Å². The van der Waals surface area contributed by atoms with Crippen molar-refractivity contribution >= 4 is 19.3 Å². The monoisotopic (exact) mass is 805 g/mol. The van der Waals surface area contributed by atoms with Gasteiger partial charge in [0.2, 0.25) is 0 Å². The summed E-state index contributed by atoms with van der Waals surface area (Å²) in [6.07, 6.45) is 11.0. The lowest BCUT2D eigenvalue weighted by Gasteiger charge is -2.12. The second kappa shape index (κ2) is 37.4. The zero-order chi connectivity index (χ0) is 39.9. The van der Waals surface area contributed by atoms with E-state index in [9.17, 15) is 9.46 Å². The van der Waals surface area contributed by atoms with Crippen LogP contribution in [0.1, 0.15) is 70.8 Å². The number of hydrogen-bond donors (Lipinski definition) is 2. The number of ether oxygens (including phenoxy) is 10. The lowest BCUT2D eigenvalue weighted by molar-refractivity contribution is -0.0221. The second-order valence-electron chi connectivity index (χ2n) is 12.8. The number of nitrogens with two attached hydrogens (primary N) is 1. The number of benzene rings is 1. The standard InChI is InChI=1S/C39H72N3O12P/c1-4-6-8-10-12-53-38-30-36(31-39(32-38)54-13-11-9-7-5-2)33-41-34-37(42-40)35-52-27-26-50-23-22-48-19-18-46-15-14-45-16-17-47-20-21-49-24-25-51-28-29-55(3,43)44/h30-32,34H,4-29,33,35,40H2,1-3H3,(H,43,44). The van der Waals surface area contributed by atoms with E-state index in [1.807, 2.05) is 18.2 Å². The molecule has 1 unspecified atom stereocenters. The average molecular weight is 806 g/mol. The Morgan fingerprint density at radius 3 is 1.38 bits per heavy atom. The molecule has 1 aromatic rings. The molecule has 0 aliphatic carbocycles. The van der Waals surface area contributed by atoms with Gasteiger partial charge in [-0.3, -0.25) is 9.56 Å². The Balaban J connectivity index is 2.04. The molecule has 0 heterocycles. The van der Waals surface area contributed by atoms with Gasteiger partial charge in [-0.25, -0.2) is 0 Å². The summed E-state index contributed by atoms with van der Waals surface area (Å²) in [5, 5.41) is 3.81. The molecule has 0 radical (unpaired) electrons. The van der Waals surface area contributed by atoms with E-state index in [2.05, 4.69) is 23.9 Å². The molecular weight excluding hydrogens is 733 g/mol. The van der Waals surface area contributed by atoms with Crippen molar-refractivity contribution in [3.05, 3.63) is 23.8 Å². The number of rotatable bonds is 41. The molecule has 3 N–H and O–H groups in total. The summed E-state index contributed by atoms with van der Waals surface area (Å²) in [6, 6.07) is 5.99. The fourth-order valence-corrected chi connectivity index (χ4v) is 5.11. The largest absolute Gasteiger partial charge is 0.493 e. The number of unbranched alkanes of at least 4 members (excludes halogenated alkanes) is 6. The van der Waals surface area contributed by atoms with Gasteiger partial charge in [-0.1, -0.05) is 52.4 Å². The Morgan fingerprint density at radius 2 is 1.00 bits per heavy atom. The number of hydrogen-bond acceptors (Lipinski definition) is 14. The zero-order valence-corrected chi connectivity index (χ0v) is 34.9. The Bertz CT molecular complexity index is 1090. The third-order valence-electron chi connectivity index (χ3n) is 7.66. The summed E-state index contributed by atoms with van der Waals surface area (Å²) in [7, 11) is -3.01. The molecule has 0 aliphatic rings. The van der Waals surface area contributed by atoms with Crippen LogP contribution in [-0.4, -0.2) is 149 Å². The van der Waals surface area contributed by atoms with Gasteiger partial charge in [0, 0.05) is 25.1 Å². The first-order chi connectivity index (χ1) is 26.9. The minimum absolute atomic E-state index is 0.153. The first-order valence-electron chi connectivity index (χ1n) is 19.9. The van der Waals surface area contributed by atoms with Crippen molar-refractivity contribution in [2.24, 2.45) is 15.9 Å². The number of nitrogens with zero attached hydrogens (tertiary/aromatic N) is 2. The summed E-state index contributed by atoms with van der Waals surface area (Å²) in [6.45, 7) is 14.2. The maximum atomic E-state index is 11.1. The van der Waals surface area contributed by atoms with Gasteiger partial charge < -0.3 is 58.1 Å². The molecule has 1 atom stereocenters. The average Bonchev–Trinajstić information content (AvgIpc) is 3.16. The predicted molar refractivity (Wildman–Crippen MR) is 217 cm³/mol. The van der Waals surface area contributed by atoms with E-state index in [0.717, 1.165) is 29.9 Å². The molecule has 0 aliphatic heterocycles. The lowest BCUT2D eigenvalue weighted by atomic mass is 10.2. The molecule has 0 amide bonds. The molecule has 1 aromatic carbocycles. The number of hydrazone groups is 1. The highest BCUT2D eigenvalue weighted by Crippen LogP contribution is 2.34. The lowest BCUT2D eigenvalue weighted by Crippen LogP contribution is -2.17. The van der Waals surface area contributed by atoms with Gasteiger partial charge in [0.25, 0.3) is 0 Å². The van der Waals surface area contributed by atoms with Crippen molar-refractivity contribution in [2.45, 2.75) is 71.8 Å². The van der Waals surface area contributed by atoms with Crippen LogP contribution in [0.2, 0.25) is 0 Å². The summed E-state index contributed by atoms with van der Waals surface area (Å²) in [4.78, 5) is 13.7. The SMILES string of the molecule is CCCCCCOc1cc(CN=CC(COCCOCCOCCOCCOCCOCCOCCOCCP(C)(=O)O)=NN)cc(OCCCCCC)c1. The Kier molecular flexibility index (Phi) is 34.6. The molecule has 0 bridgehead atoms. The third kappa shape index (κ3) is 34.8. The summed E-state index contributed by atoms with van der Waals surface area (Å²) < 4.78 is 67.0. The highest BCUT2D eigenvalue weighted by molar-refractivity contribution is 7.57. The topological polar surface area (TPSA) is 180 Å². The van der Waals surface area contributed by atoms with Crippen LogP contribution in [0.4, 0.5) is 0 Å². The van der Waals surface area contributed by atoms with E-state index in [1.165, 1.54) is 45.2 Å². The number of aliphatic imine (C=N–C) groups is 1. The fraction of sp³-hybridized carbons (Fsp3) is 0.795. The highest BCUT2D eigenvalue weighted by atomic mass is 31.2. The third-order valence-corrected chi connectivity index (χ3v) is 8.67. The Morgan fingerprint density at radius 1 is 0.600 bits per heavy atom. The Labute approximate surface area is 330 Å². The van der Waals surface area contributed by atoms with E-state index < -0.39 is 7.37 Å². The molecule has 0 saturated carbocycles. The van der Waals surface area contributed by atoms with Crippen molar-refractivity contribution in [3.8, 4) is 11.5 Å². The molecule has 15 nitrogen and oxygen atoms in total. The van der Waals surface area contributed by atoms with E-state index in [0.29, 0.717) is 118 Å². The molecule has 320 valence electrons. The van der Waals surface area contributed by atoms with Crippen molar-refractivity contribution in [2.75, 3.05) is 132 Å². The second-order valence-corrected chi connectivity index (χ2v) is 15.4. The first kappa shape index (κ1) is 50.8. The van der Waals surface area contributed by atoms with Crippen LogP contribution >= 0.6 is 7.37 Å². The van der Waals surface area contributed by atoms with Crippen LogP contribution in [0, 0.1) is 0 Å². The highest BCUT2D eigenvalue weighted by Gasteiger charge is 2.08. The van der Waals surface area contributed by atoms with Gasteiger partial charge in [0.05, 0.1) is 125 Å². The quantitative estimate of drug-likeness (QED) is 0.0278. The van der Waals surface area contributed by atoms with Crippen LogP contribution in [0.15, 0.2) is 28.3 Å². The summed E-state index contributed by atoms with van der Waals surface area (Å²) >= 11 is 0. The van der Waals surface area contributed by atoms with Crippen molar-refractivity contribution in [3.63, 3.8) is 0 Å². The molecule has 16 heteroatoms. The molecule has 0 aromatic heterocycles. The Hall–Kier alpha value is -2.17.